The predicted molar refractivity (Wildman–Crippen MR) is 101 cm³/mol. The fourth-order valence-electron chi connectivity index (χ4n) is 2.42. The van der Waals surface area contributed by atoms with Crippen LogP contribution in [0.4, 0.5) is 0 Å². The van der Waals surface area contributed by atoms with Gasteiger partial charge in [-0.1, -0.05) is 42.8 Å². The molecule has 0 atom stereocenters. The van der Waals surface area contributed by atoms with E-state index < -0.39 is 0 Å². The standard InChI is InChI=1S/C20H23ClN2O2/c1-3-15-4-6-16(7-5-15)14-23(2)19(24)12-13-22-20(25)17-8-10-18(21)11-9-17/h4-11H,3,12-14H2,1-2H3,(H,22,25). The summed E-state index contributed by atoms with van der Waals surface area (Å²) in [7, 11) is 1.77. The quantitative estimate of drug-likeness (QED) is 0.820. The van der Waals surface area contributed by atoms with Crippen LogP contribution in [-0.4, -0.2) is 30.3 Å². The number of amides is 2. The summed E-state index contributed by atoms with van der Waals surface area (Å²) in [6.07, 6.45) is 1.27. The smallest absolute Gasteiger partial charge is 0.251 e. The molecular weight excluding hydrogens is 336 g/mol. The number of hydrogen-bond donors (Lipinski definition) is 1. The van der Waals surface area contributed by atoms with Gasteiger partial charge >= 0.3 is 0 Å². The van der Waals surface area contributed by atoms with E-state index in [1.54, 1.807) is 36.2 Å². The summed E-state index contributed by atoms with van der Waals surface area (Å²) in [5.41, 5.74) is 2.90. The molecule has 25 heavy (non-hydrogen) atoms. The summed E-state index contributed by atoms with van der Waals surface area (Å²) in [4.78, 5) is 25.8. The molecule has 2 rings (SSSR count). The van der Waals surface area contributed by atoms with E-state index in [1.807, 2.05) is 12.1 Å². The molecule has 0 aromatic heterocycles. The van der Waals surface area contributed by atoms with Crippen LogP contribution in [0.25, 0.3) is 0 Å². The molecule has 0 aliphatic heterocycles. The van der Waals surface area contributed by atoms with Crippen LogP contribution in [0.2, 0.25) is 5.02 Å². The van der Waals surface area contributed by atoms with Crippen LogP contribution < -0.4 is 5.32 Å². The number of nitrogens with zero attached hydrogens (tertiary/aromatic N) is 1. The lowest BCUT2D eigenvalue weighted by molar-refractivity contribution is -0.130. The molecule has 0 saturated heterocycles. The number of halogens is 1. The zero-order valence-electron chi connectivity index (χ0n) is 14.6. The summed E-state index contributed by atoms with van der Waals surface area (Å²) in [6.45, 7) is 2.98. The summed E-state index contributed by atoms with van der Waals surface area (Å²) in [5.74, 6) is -0.210. The number of aryl methyl sites for hydroxylation is 1. The number of rotatable bonds is 7. The van der Waals surface area contributed by atoms with E-state index in [1.165, 1.54) is 5.56 Å². The lowest BCUT2D eigenvalue weighted by atomic mass is 10.1. The molecule has 0 radical (unpaired) electrons. The Morgan fingerprint density at radius 2 is 1.60 bits per heavy atom. The van der Waals surface area contributed by atoms with E-state index in [2.05, 4.69) is 24.4 Å². The van der Waals surface area contributed by atoms with Crippen LogP contribution in [0.5, 0.6) is 0 Å². The highest BCUT2D eigenvalue weighted by Crippen LogP contribution is 2.10. The Kier molecular flexibility index (Phi) is 7.02. The van der Waals surface area contributed by atoms with Gasteiger partial charge in [0.05, 0.1) is 0 Å². The van der Waals surface area contributed by atoms with Crippen molar-refractivity contribution in [1.82, 2.24) is 10.2 Å². The number of nitrogens with one attached hydrogen (secondary N) is 1. The number of carbonyl (C=O) groups is 2. The van der Waals surface area contributed by atoms with Gasteiger partial charge < -0.3 is 10.2 Å². The Morgan fingerprint density at radius 1 is 1.00 bits per heavy atom. The molecule has 0 fully saturated rings. The molecule has 0 aliphatic carbocycles. The summed E-state index contributed by atoms with van der Waals surface area (Å²) in [5, 5.41) is 3.34. The SMILES string of the molecule is CCc1ccc(CN(C)C(=O)CCNC(=O)c2ccc(Cl)cc2)cc1. The Balaban J connectivity index is 1.76. The zero-order valence-corrected chi connectivity index (χ0v) is 15.3. The van der Waals surface area contributed by atoms with Gasteiger partial charge in [-0.3, -0.25) is 9.59 Å². The second kappa shape index (κ2) is 9.23. The monoisotopic (exact) mass is 358 g/mol. The lowest BCUT2D eigenvalue weighted by Gasteiger charge is -2.17. The van der Waals surface area contributed by atoms with Gasteiger partial charge in [-0.2, -0.15) is 0 Å². The van der Waals surface area contributed by atoms with Crippen molar-refractivity contribution >= 4 is 23.4 Å². The van der Waals surface area contributed by atoms with Crippen LogP contribution in [0.15, 0.2) is 48.5 Å². The van der Waals surface area contributed by atoms with Crippen molar-refractivity contribution < 1.29 is 9.59 Å². The normalized spacial score (nSPS) is 10.4. The largest absolute Gasteiger partial charge is 0.352 e. The number of carbonyl (C=O) groups excluding carboxylic acids is 2. The highest BCUT2D eigenvalue weighted by Gasteiger charge is 2.11. The Labute approximate surface area is 153 Å². The maximum Gasteiger partial charge on any atom is 0.251 e. The van der Waals surface area contributed by atoms with E-state index >= 15 is 0 Å². The minimum absolute atomic E-state index is 0.00373. The Hall–Kier alpha value is -2.33. The van der Waals surface area contributed by atoms with Crippen LogP contribution in [0.1, 0.15) is 34.8 Å². The van der Waals surface area contributed by atoms with Crippen LogP contribution in [0.3, 0.4) is 0 Å². The van der Waals surface area contributed by atoms with Gasteiger partial charge in [-0.15, -0.1) is 0 Å². The molecule has 2 aromatic rings. The summed E-state index contributed by atoms with van der Waals surface area (Å²) >= 11 is 5.80. The highest BCUT2D eigenvalue weighted by atomic mass is 35.5. The molecule has 0 spiro atoms. The molecule has 2 aromatic carbocycles. The summed E-state index contributed by atoms with van der Waals surface area (Å²) in [6, 6.07) is 14.9. The van der Waals surface area contributed by atoms with Crippen LogP contribution in [-0.2, 0) is 17.8 Å². The molecule has 0 bridgehead atoms. The molecule has 0 unspecified atom stereocenters. The topological polar surface area (TPSA) is 49.4 Å². The van der Waals surface area contributed by atoms with Gasteiger partial charge in [0.15, 0.2) is 0 Å². The van der Waals surface area contributed by atoms with Crippen molar-refractivity contribution in [2.75, 3.05) is 13.6 Å². The van der Waals surface area contributed by atoms with Crippen molar-refractivity contribution in [3.63, 3.8) is 0 Å². The molecule has 2 amide bonds. The van der Waals surface area contributed by atoms with E-state index in [9.17, 15) is 9.59 Å². The molecule has 4 nitrogen and oxygen atoms in total. The Morgan fingerprint density at radius 3 is 2.20 bits per heavy atom. The fourth-order valence-corrected chi connectivity index (χ4v) is 2.55. The van der Waals surface area contributed by atoms with Crippen molar-refractivity contribution in [2.24, 2.45) is 0 Å². The lowest BCUT2D eigenvalue weighted by Crippen LogP contribution is -2.31. The van der Waals surface area contributed by atoms with E-state index in [4.69, 9.17) is 11.6 Å². The van der Waals surface area contributed by atoms with Crippen molar-refractivity contribution in [3.05, 3.63) is 70.2 Å². The second-order valence-corrected chi connectivity index (χ2v) is 6.37. The van der Waals surface area contributed by atoms with Gasteiger partial charge in [0.25, 0.3) is 5.91 Å². The minimum atomic E-state index is -0.206. The molecule has 132 valence electrons. The van der Waals surface area contributed by atoms with Gasteiger partial charge in [0.1, 0.15) is 0 Å². The van der Waals surface area contributed by atoms with Gasteiger partial charge in [0, 0.05) is 37.1 Å². The molecule has 5 heteroatoms. The molecular formula is C20H23ClN2O2. The minimum Gasteiger partial charge on any atom is -0.352 e. The Bertz CT molecular complexity index is 711. The van der Waals surface area contributed by atoms with Crippen molar-refractivity contribution in [1.29, 1.82) is 0 Å². The van der Waals surface area contributed by atoms with Crippen LogP contribution in [0, 0.1) is 0 Å². The van der Waals surface area contributed by atoms with Crippen LogP contribution >= 0.6 is 11.6 Å². The predicted octanol–water partition coefficient (Wildman–Crippen LogP) is 3.68. The van der Waals surface area contributed by atoms with E-state index in [-0.39, 0.29) is 18.2 Å². The fraction of sp³-hybridized carbons (Fsp3) is 0.300. The highest BCUT2D eigenvalue weighted by molar-refractivity contribution is 6.30. The third-order valence-electron chi connectivity index (χ3n) is 4.01. The maximum absolute atomic E-state index is 12.2. The third kappa shape index (κ3) is 5.91. The molecule has 0 aliphatic rings. The first-order chi connectivity index (χ1) is 12.0. The number of hydrogen-bond acceptors (Lipinski definition) is 2. The van der Waals surface area contributed by atoms with E-state index in [0.29, 0.717) is 23.7 Å². The first kappa shape index (κ1) is 19.0. The van der Waals surface area contributed by atoms with E-state index in [0.717, 1.165) is 12.0 Å². The molecule has 1 N–H and O–H groups in total. The van der Waals surface area contributed by atoms with Crippen molar-refractivity contribution in [3.8, 4) is 0 Å². The average Bonchev–Trinajstić information content (AvgIpc) is 2.62. The summed E-state index contributed by atoms with van der Waals surface area (Å²) < 4.78 is 0. The van der Waals surface area contributed by atoms with Gasteiger partial charge in [-0.05, 0) is 41.8 Å². The first-order valence-corrected chi connectivity index (χ1v) is 8.73. The number of benzene rings is 2. The van der Waals surface area contributed by atoms with Gasteiger partial charge in [0.2, 0.25) is 5.91 Å². The third-order valence-corrected chi connectivity index (χ3v) is 4.26. The average molecular weight is 359 g/mol. The first-order valence-electron chi connectivity index (χ1n) is 8.35. The molecule has 0 saturated carbocycles. The molecule has 0 heterocycles. The second-order valence-electron chi connectivity index (χ2n) is 5.93. The maximum atomic E-state index is 12.2. The zero-order chi connectivity index (χ0) is 18.2. The van der Waals surface area contributed by atoms with Gasteiger partial charge in [-0.25, -0.2) is 0 Å². The van der Waals surface area contributed by atoms with Crippen molar-refractivity contribution in [2.45, 2.75) is 26.3 Å².